The molecule has 2 saturated heterocycles. The van der Waals surface area contributed by atoms with E-state index < -0.39 is 0 Å². The Hall–Kier alpha value is -1.88. The molecule has 2 amide bonds. The number of hydrogen-bond donors (Lipinski definition) is 1. The number of carbonyl (C=O) groups excluding carboxylic acids is 2. The molecule has 1 aromatic carbocycles. The minimum atomic E-state index is 0.0237. The SMILES string of the molecule is Cc1ccc(NC(=O)CN2CCC(C(=O)N3CCCCCC3)CC2)cc1C. The van der Waals surface area contributed by atoms with Gasteiger partial charge in [-0.25, -0.2) is 0 Å². The average Bonchev–Trinajstić information content (AvgIpc) is 2.94. The lowest BCUT2D eigenvalue weighted by molar-refractivity contribution is -0.137. The summed E-state index contributed by atoms with van der Waals surface area (Å²) in [5.41, 5.74) is 3.26. The van der Waals surface area contributed by atoms with Crippen LogP contribution in [0.2, 0.25) is 0 Å². The fraction of sp³-hybridized carbons (Fsp3) is 0.636. The highest BCUT2D eigenvalue weighted by molar-refractivity contribution is 5.92. The molecule has 27 heavy (non-hydrogen) atoms. The Morgan fingerprint density at radius 1 is 0.963 bits per heavy atom. The van der Waals surface area contributed by atoms with E-state index in [0.717, 1.165) is 57.5 Å². The summed E-state index contributed by atoms with van der Waals surface area (Å²) in [6.07, 6.45) is 6.51. The number of aryl methyl sites for hydroxylation is 2. The number of nitrogens with zero attached hydrogens (tertiary/aromatic N) is 2. The smallest absolute Gasteiger partial charge is 0.238 e. The first-order chi connectivity index (χ1) is 13.0. The maximum Gasteiger partial charge on any atom is 0.238 e. The molecule has 2 heterocycles. The molecule has 0 saturated carbocycles. The topological polar surface area (TPSA) is 52.7 Å². The minimum absolute atomic E-state index is 0.0237. The highest BCUT2D eigenvalue weighted by atomic mass is 16.2. The summed E-state index contributed by atoms with van der Waals surface area (Å²) in [5, 5.41) is 2.99. The zero-order chi connectivity index (χ0) is 19.2. The number of nitrogens with one attached hydrogen (secondary N) is 1. The molecule has 148 valence electrons. The highest BCUT2D eigenvalue weighted by Gasteiger charge is 2.29. The van der Waals surface area contributed by atoms with E-state index in [4.69, 9.17) is 0 Å². The van der Waals surface area contributed by atoms with Crippen LogP contribution in [0, 0.1) is 19.8 Å². The molecule has 0 unspecified atom stereocenters. The van der Waals surface area contributed by atoms with E-state index in [2.05, 4.69) is 29.0 Å². The second kappa shape index (κ2) is 9.36. The van der Waals surface area contributed by atoms with E-state index in [1.165, 1.54) is 24.0 Å². The number of carbonyl (C=O) groups is 2. The van der Waals surface area contributed by atoms with Gasteiger partial charge in [-0.15, -0.1) is 0 Å². The van der Waals surface area contributed by atoms with Gasteiger partial charge in [-0.3, -0.25) is 14.5 Å². The first kappa shape index (κ1) is 19.9. The maximum atomic E-state index is 12.8. The van der Waals surface area contributed by atoms with Gasteiger partial charge in [0.1, 0.15) is 0 Å². The van der Waals surface area contributed by atoms with Crippen LogP contribution < -0.4 is 5.32 Å². The summed E-state index contributed by atoms with van der Waals surface area (Å²) in [6, 6.07) is 6.00. The average molecular weight is 372 g/mol. The Morgan fingerprint density at radius 3 is 2.26 bits per heavy atom. The van der Waals surface area contributed by atoms with Crippen molar-refractivity contribution in [2.75, 3.05) is 38.0 Å². The van der Waals surface area contributed by atoms with E-state index >= 15 is 0 Å². The van der Waals surface area contributed by atoms with E-state index in [0.29, 0.717) is 12.5 Å². The molecule has 0 aromatic heterocycles. The van der Waals surface area contributed by atoms with Crippen LogP contribution in [0.3, 0.4) is 0 Å². The van der Waals surface area contributed by atoms with Crippen LogP contribution in [0.1, 0.15) is 49.7 Å². The predicted molar refractivity (Wildman–Crippen MR) is 109 cm³/mol. The van der Waals surface area contributed by atoms with E-state index in [1.54, 1.807) is 0 Å². The van der Waals surface area contributed by atoms with Gasteiger partial charge in [0, 0.05) is 24.7 Å². The zero-order valence-electron chi connectivity index (χ0n) is 16.8. The lowest BCUT2D eigenvalue weighted by atomic mass is 9.95. The normalized spacial score (nSPS) is 19.6. The van der Waals surface area contributed by atoms with Gasteiger partial charge in [0.15, 0.2) is 0 Å². The Kier molecular flexibility index (Phi) is 6.89. The monoisotopic (exact) mass is 371 g/mol. The molecule has 1 aromatic rings. The molecule has 0 aliphatic carbocycles. The van der Waals surface area contributed by atoms with Gasteiger partial charge < -0.3 is 10.2 Å². The van der Waals surface area contributed by atoms with Gasteiger partial charge in [-0.05, 0) is 75.9 Å². The largest absolute Gasteiger partial charge is 0.342 e. The molecule has 0 bridgehead atoms. The molecule has 2 fully saturated rings. The third-order valence-corrected chi connectivity index (χ3v) is 6.01. The van der Waals surface area contributed by atoms with Crippen LogP contribution in [-0.2, 0) is 9.59 Å². The first-order valence-electron chi connectivity index (χ1n) is 10.4. The second-order valence-electron chi connectivity index (χ2n) is 8.14. The number of piperidine rings is 1. The quantitative estimate of drug-likeness (QED) is 0.883. The summed E-state index contributed by atoms with van der Waals surface area (Å²) < 4.78 is 0. The molecule has 1 N–H and O–H groups in total. The lowest BCUT2D eigenvalue weighted by Gasteiger charge is -2.33. The summed E-state index contributed by atoms with van der Waals surface area (Å²) >= 11 is 0. The van der Waals surface area contributed by atoms with Crippen LogP contribution in [0.15, 0.2) is 18.2 Å². The van der Waals surface area contributed by atoms with Gasteiger partial charge in [-0.1, -0.05) is 18.9 Å². The molecule has 0 atom stereocenters. The summed E-state index contributed by atoms with van der Waals surface area (Å²) in [4.78, 5) is 29.4. The van der Waals surface area contributed by atoms with Crippen molar-refractivity contribution in [2.45, 2.75) is 52.4 Å². The predicted octanol–water partition coefficient (Wildman–Crippen LogP) is 3.36. The summed E-state index contributed by atoms with van der Waals surface area (Å²) in [6.45, 7) is 8.02. The van der Waals surface area contributed by atoms with Gasteiger partial charge in [0.25, 0.3) is 0 Å². The van der Waals surface area contributed by atoms with E-state index in [-0.39, 0.29) is 11.8 Å². The fourth-order valence-corrected chi connectivity index (χ4v) is 4.11. The van der Waals surface area contributed by atoms with E-state index in [1.807, 2.05) is 18.2 Å². The molecule has 0 spiro atoms. The summed E-state index contributed by atoms with van der Waals surface area (Å²) in [7, 11) is 0. The number of anilines is 1. The number of benzene rings is 1. The molecule has 2 aliphatic rings. The Morgan fingerprint density at radius 2 is 1.63 bits per heavy atom. The zero-order valence-corrected chi connectivity index (χ0v) is 16.8. The number of amides is 2. The van der Waals surface area contributed by atoms with Crippen LogP contribution in [0.25, 0.3) is 0 Å². The van der Waals surface area contributed by atoms with Gasteiger partial charge >= 0.3 is 0 Å². The van der Waals surface area contributed by atoms with E-state index in [9.17, 15) is 9.59 Å². The number of hydrogen-bond acceptors (Lipinski definition) is 3. The molecule has 0 radical (unpaired) electrons. The third kappa shape index (κ3) is 5.55. The highest BCUT2D eigenvalue weighted by Crippen LogP contribution is 2.22. The van der Waals surface area contributed by atoms with Crippen molar-refractivity contribution in [3.8, 4) is 0 Å². The van der Waals surface area contributed by atoms with Gasteiger partial charge in [0.2, 0.25) is 11.8 Å². The van der Waals surface area contributed by atoms with Gasteiger partial charge in [-0.2, -0.15) is 0 Å². The van der Waals surface area contributed by atoms with Crippen molar-refractivity contribution in [2.24, 2.45) is 5.92 Å². The first-order valence-corrected chi connectivity index (χ1v) is 10.4. The lowest BCUT2D eigenvalue weighted by Crippen LogP contribution is -2.44. The standard InChI is InChI=1S/C22H33N3O2/c1-17-7-8-20(15-18(17)2)23-21(26)16-24-13-9-19(10-14-24)22(27)25-11-5-3-4-6-12-25/h7-8,15,19H,3-6,9-14,16H2,1-2H3,(H,23,26). The molecule has 3 rings (SSSR count). The van der Waals surface area contributed by atoms with Crippen LogP contribution >= 0.6 is 0 Å². The Bertz CT molecular complexity index is 658. The Labute approximate surface area is 163 Å². The number of rotatable bonds is 4. The second-order valence-corrected chi connectivity index (χ2v) is 8.14. The Balaban J connectivity index is 1.44. The van der Waals surface area contributed by atoms with Gasteiger partial charge in [0.05, 0.1) is 6.54 Å². The molecule has 5 nitrogen and oxygen atoms in total. The minimum Gasteiger partial charge on any atom is -0.342 e. The van der Waals surface area contributed by atoms with Crippen molar-refractivity contribution >= 4 is 17.5 Å². The van der Waals surface area contributed by atoms with Crippen LogP contribution in [0.5, 0.6) is 0 Å². The van der Waals surface area contributed by atoms with Crippen molar-refractivity contribution in [1.29, 1.82) is 0 Å². The van der Waals surface area contributed by atoms with Crippen molar-refractivity contribution < 1.29 is 9.59 Å². The molecular weight excluding hydrogens is 338 g/mol. The molecule has 2 aliphatic heterocycles. The van der Waals surface area contributed by atoms with Crippen LogP contribution in [0.4, 0.5) is 5.69 Å². The summed E-state index contributed by atoms with van der Waals surface area (Å²) in [5.74, 6) is 0.508. The van der Waals surface area contributed by atoms with Crippen molar-refractivity contribution in [3.63, 3.8) is 0 Å². The number of likely N-dealkylation sites (tertiary alicyclic amines) is 2. The third-order valence-electron chi connectivity index (χ3n) is 6.01. The van der Waals surface area contributed by atoms with Crippen LogP contribution in [-0.4, -0.2) is 54.3 Å². The maximum absolute atomic E-state index is 12.8. The van der Waals surface area contributed by atoms with Crippen molar-refractivity contribution in [1.82, 2.24) is 9.80 Å². The van der Waals surface area contributed by atoms with Crippen molar-refractivity contribution in [3.05, 3.63) is 29.3 Å². The fourth-order valence-electron chi connectivity index (χ4n) is 4.11. The molecular formula is C22H33N3O2. The molecule has 5 heteroatoms.